The monoisotopic (exact) mass is 311 g/mol. The van der Waals surface area contributed by atoms with Crippen molar-refractivity contribution in [3.63, 3.8) is 0 Å². The third-order valence-electron chi connectivity index (χ3n) is 5.23. The van der Waals surface area contributed by atoms with Crippen molar-refractivity contribution in [2.24, 2.45) is 5.41 Å². The van der Waals surface area contributed by atoms with Crippen LogP contribution in [-0.4, -0.2) is 28.3 Å². The van der Waals surface area contributed by atoms with E-state index >= 15 is 0 Å². The zero-order chi connectivity index (χ0) is 16.4. The Morgan fingerprint density at radius 3 is 1.91 bits per heavy atom. The molecule has 1 amide bonds. The first-order chi connectivity index (χ1) is 10.2. The standard InChI is InChI=1S/C17H29NO4/c1-15(2,3)22-14(21)18-17(11-5-4-6-12-17)16(13(19)20)9-7-8-10-16/h4-12H2,1-3H3,(H,18,21)(H,19,20). The summed E-state index contributed by atoms with van der Waals surface area (Å²) < 4.78 is 5.41. The summed E-state index contributed by atoms with van der Waals surface area (Å²) in [6, 6.07) is 0. The van der Waals surface area contributed by atoms with Crippen molar-refractivity contribution in [1.82, 2.24) is 5.32 Å². The average Bonchev–Trinajstić information content (AvgIpc) is 2.88. The Balaban J connectivity index is 2.27. The SMILES string of the molecule is CC(C)(C)OC(=O)NC1(C2(C(=O)O)CCCC2)CCCCC1. The number of alkyl carbamates (subject to hydrolysis) is 1. The van der Waals surface area contributed by atoms with Gasteiger partial charge < -0.3 is 15.2 Å². The molecule has 0 spiro atoms. The van der Waals surface area contributed by atoms with Gasteiger partial charge in [0.25, 0.3) is 0 Å². The number of nitrogens with one attached hydrogen (secondary N) is 1. The maximum Gasteiger partial charge on any atom is 0.408 e. The van der Waals surface area contributed by atoms with Crippen LogP contribution in [0.2, 0.25) is 0 Å². The van der Waals surface area contributed by atoms with Gasteiger partial charge in [0.2, 0.25) is 0 Å². The Kier molecular flexibility index (Phi) is 4.73. The van der Waals surface area contributed by atoms with Crippen LogP contribution in [0.1, 0.15) is 78.6 Å². The van der Waals surface area contributed by atoms with Gasteiger partial charge in [0.05, 0.1) is 11.0 Å². The highest BCUT2D eigenvalue weighted by Gasteiger charge is 2.58. The quantitative estimate of drug-likeness (QED) is 0.830. The molecule has 5 heteroatoms. The second kappa shape index (κ2) is 6.09. The maximum absolute atomic E-state index is 12.3. The third kappa shape index (κ3) is 3.23. The van der Waals surface area contributed by atoms with Crippen LogP contribution >= 0.6 is 0 Å². The average molecular weight is 311 g/mol. The molecule has 5 nitrogen and oxygen atoms in total. The van der Waals surface area contributed by atoms with Crippen LogP contribution in [0, 0.1) is 5.41 Å². The predicted octanol–water partition coefficient (Wildman–Crippen LogP) is 3.86. The first-order valence-corrected chi connectivity index (χ1v) is 8.45. The van der Waals surface area contributed by atoms with Crippen molar-refractivity contribution in [1.29, 1.82) is 0 Å². The molecule has 0 aromatic rings. The molecule has 0 atom stereocenters. The molecule has 2 aliphatic carbocycles. The minimum absolute atomic E-state index is 0.484. The van der Waals surface area contributed by atoms with E-state index in [1.54, 1.807) is 0 Å². The fraction of sp³-hybridized carbons (Fsp3) is 0.882. The minimum atomic E-state index is -0.829. The second-order valence-electron chi connectivity index (χ2n) is 7.86. The number of rotatable bonds is 3. The Hall–Kier alpha value is -1.26. The molecule has 0 heterocycles. The third-order valence-corrected chi connectivity index (χ3v) is 5.23. The summed E-state index contributed by atoms with van der Waals surface area (Å²) in [5, 5.41) is 12.9. The number of amides is 1. The zero-order valence-corrected chi connectivity index (χ0v) is 14.0. The molecule has 2 fully saturated rings. The lowest BCUT2D eigenvalue weighted by molar-refractivity contribution is -0.156. The molecule has 0 unspecified atom stereocenters. The maximum atomic E-state index is 12.3. The van der Waals surface area contributed by atoms with Crippen molar-refractivity contribution < 1.29 is 19.4 Å². The lowest BCUT2D eigenvalue weighted by atomic mass is 9.61. The number of ether oxygens (including phenoxy) is 1. The molecule has 2 rings (SSSR count). The van der Waals surface area contributed by atoms with Crippen molar-refractivity contribution in [3.05, 3.63) is 0 Å². The van der Waals surface area contributed by atoms with Gasteiger partial charge >= 0.3 is 12.1 Å². The van der Waals surface area contributed by atoms with Gasteiger partial charge in [-0.25, -0.2) is 4.79 Å². The Morgan fingerprint density at radius 1 is 0.955 bits per heavy atom. The van der Waals surface area contributed by atoms with E-state index < -0.39 is 28.6 Å². The van der Waals surface area contributed by atoms with E-state index in [0.29, 0.717) is 12.8 Å². The van der Waals surface area contributed by atoms with Crippen molar-refractivity contribution in [3.8, 4) is 0 Å². The highest BCUT2D eigenvalue weighted by molar-refractivity contribution is 5.79. The number of carbonyl (C=O) groups excluding carboxylic acids is 1. The summed E-state index contributed by atoms with van der Waals surface area (Å²) in [6.45, 7) is 5.47. The summed E-state index contributed by atoms with van der Waals surface area (Å²) in [6.07, 6.45) is 7.16. The lowest BCUT2D eigenvalue weighted by Gasteiger charge is -2.49. The largest absolute Gasteiger partial charge is 0.481 e. The molecular formula is C17H29NO4. The summed E-state index contributed by atoms with van der Waals surface area (Å²) in [5.74, 6) is -0.761. The van der Waals surface area contributed by atoms with E-state index in [0.717, 1.165) is 44.9 Å². The lowest BCUT2D eigenvalue weighted by Crippen LogP contribution is -2.63. The number of hydrogen-bond donors (Lipinski definition) is 2. The molecule has 0 saturated heterocycles. The fourth-order valence-corrected chi connectivity index (χ4v) is 4.25. The van der Waals surface area contributed by atoms with Crippen LogP contribution in [0.15, 0.2) is 0 Å². The summed E-state index contributed by atoms with van der Waals surface area (Å²) in [7, 11) is 0. The molecule has 0 bridgehead atoms. The van der Waals surface area contributed by atoms with Crippen molar-refractivity contribution in [2.75, 3.05) is 0 Å². The molecule has 0 radical (unpaired) electrons. The number of carbonyl (C=O) groups is 2. The van der Waals surface area contributed by atoms with Gasteiger partial charge in [-0.15, -0.1) is 0 Å². The van der Waals surface area contributed by atoms with Crippen molar-refractivity contribution >= 4 is 12.1 Å². The van der Waals surface area contributed by atoms with Crippen LogP contribution in [0.25, 0.3) is 0 Å². The molecule has 2 N–H and O–H groups in total. The Morgan fingerprint density at radius 2 is 1.45 bits per heavy atom. The molecule has 0 aromatic heterocycles. The Labute approximate surface area is 132 Å². The summed E-state index contributed by atoms with van der Waals surface area (Å²) in [4.78, 5) is 24.4. The van der Waals surface area contributed by atoms with Crippen molar-refractivity contribution in [2.45, 2.75) is 89.7 Å². The molecule has 0 aromatic carbocycles. The van der Waals surface area contributed by atoms with E-state index in [9.17, 15) is 14.7 Å². The molecule has 2 saturated carbocycles. The van der Waals surface area contributed by atoms with Gasteiger partial charge in [0, 0.05) is 0 Å². The van der Waals surface area contributed by atoms with E-state index in [2.05, 4.69) is 5.32 Å². The highest BCUT2D eigenvalue weighted by Crippen LogP contribution is 2.52. The van der Waals surface area contributed by atoms with Crippen LogP contribution in [-0.2, 0) is 9.53 Å². The summed E-state index contributed by atoms with van der Waals surface area (Å²) >= 11 is 0. The van der Waals surface area contributed by atoms with Crippen LogP contribution < -0.4 is 5.32 Å². The molecule has 2 aliphatic rings. The van der Waals surface area contributed by atoms with E-state index in [1.165, 1.54) is 0 Å². The Bertz CT molecular complexity index is 426. The fourth-order valence-electron chi connectivity index (χ4n) is 4.25. The molecule has 126 valence electrons. The molecule has 0 aliphatic heterocycles. The number of hydrogen-bond acceptors (Lipinski definition) is 3. The van der Waals surface area contributed by atoms with Gasteiger partial charge in [0.15, 0.2) is 0 Å². The predicted molar refractivity (Wildman–Crippen MR) is 83.7 cm³/mol. The zero-order valence-electron chi connectivity index (χ0n) is 14.0. The van der Waals surface area contributed by atoms with E-state index in [4.69, 9.17) is 4.74 Å². The van der Waals surface area contributed by atoms with Gasteiger partial charge in [-0.05, 0) is 46.5 Å². The van der Waals surface area contributed by atoms with Gasteiger partial charge in [-0.2, -0.15) is 0 Å². The topological polar surface area (TPSA) is 75.6 Å². The number of aliphatic carboxylic acids is 1. The molecular weight excluding hydrogens is 282 g/mol. The normalized spacial score (nSPS) is 23.8. The molecule has 22 heavy (non-hydrogen) atoms. The van der Waals surface area contributed by atoms with Crippen LogP contribution in [0.5, 0.6) is 0 Å². The van der Waals surface area contributed by atoms with E-state index in [1.807, 2.05) is 20.8 Å². The minimum Gasteiger partial charge on any atom is -0.481 e. The smallest absolute Gasteiger partial charge is 0.408 e. The highest BCUT2D eigenvalue weighted by atomic mass is 16.6. The van der Waals surface area contributed by atoms with Gasteiger partial charge in [-0.1, -0.05) is 32.1 Å². The van der Waals surface area contributed by atoms with Gasteiger partial charge in [0.1, 0.15) is 5.60 Å². The van der Waals surface area contributed by atoms with E-state index in [-0.39, 0.29) is 0 Å². The first-order valence-electron chi connectivity index (χ1n) is 8.45. The number of carboxylic acid groups (broad SMARTS) is 1. The summed E-state index contributed by atoms with van der Waals surface area (Å²) in [5.41, 5.74) is -2.06. The number of carboxylic acids is 1. The van der Waals surface area contributed by atoms with Gasteiger partial charge in [-0.3, -0.25) is 4.79 Å². The second-order valence-corrected chi connectivity index (χ2v) is 7.86. The first kappa shape index (κ1) is 17.1. The van der Waals surface area contributed by atoms with Crippen LogP contribution in [0.4, 0.5) is 4.79 Å². The van der Waals surface area contributed by atoms with Crippen LogP contribution in [0.3, 0.4) is 0 Å².